The first-order chi connectivity index (χ1) is 14.2. The highest BCUT2D eigenvalue weighted by Gasteiger charge is 2.20. The van der Waals surface area contributed by atoms with Crippen LogP contribution in [0.2, 0.25) is 0 Å². The second-order valence-electron chi connectivity index (χ2n) is 5.85. The average Bonchev–Trinajstić information content (AvgIpc) is 3.15. The van der Waals surface area contributed by atoms with Crippen LogP contribution in [0.1, 0.15) is 19.5 Å². The Balaban J connectivity index is 0.00000117. The lowest BCUT2D eigenvalue weighted by Gasteiger charge is -2.11. The van der Waals surface area contributed by atoms with Crippen molar-refractivity contribution in [3.8, 4) is 17.0 Å². The van der Waals surface area contributed by atoms with Crippen LogP contribution in [0, 0.1) is 4.91 Å². The van der Waals surface area contributed by atoms with Gasteiger partial charge in [0.1, 0.15) is 12.3 Å². The van der Waals surface area contributed by atoms with E-state index in [0.29, 0.717) is 39.4 Å². The van der Waals surface area contributed by atoms with E-state index in [4.69, 9.17) is 5.73 Å². The molecule has 0 aliphatic heterocycles. The van der Waals surface area contributed by atoms with Crippen molar-refractivity contribution in [2.75, 3.05) is 11.1 Å². The minimum atomic E-state index is -0.155. The number of H-pyrrole nitrogens is 1. The number of aromatic nitrogens is 4. The summed E-state index contributed by atoms with van der Waals surface area (Å²) in [7, 11) is 0. The fraction of sp³-hybridized carbons (Fsp3) is 0.150. The standard InChI is InChI=1S/C18H15N7O2.C2H6/c19-12-2-1-7-20-17(12)15-14(9-22-27)24-25-18-16(15)13(8-21-18)23-10-3-5-11(26)6-4-10;1-2/h1-8,23,26H,9,19H2,(H,21,25);1-2H3. The summed E-state index contributed by atoms with van der Waals surface area (Å²) in [4.78, 5) is 18.3. The Bertz CT molecular complexity index is 1120. The van der Waals surface area contributed by atoms with Crippen LogP contribution in [0.4, 0.5) is 17.1 Å². The highest BCUT2D eigenvalue weighted by atomic mass is 16.3. The molecule has 3 heterocycles. The molecule has 5 N–H and O–H groups in total. The van der Waals surface area contributed by atoms with Crippen LogP contribution < -0.4 is 11.1 Å². The number of hydrogen-bond acceptors (Lipinski definition) is 8. The minimum absolute atomic E-state index is 0.155. The number of pyridine rings is 1. The first-order valence-corrected chi connectivity index (χ1v) is 9.10. The molecule has 9 heteroatoms. The molecule has 0 saturated carbocycles. The predicted octanol–water partition coefficient (Wildman–Crippen LogP) is 4.34. The van der Waals surface area contributed by atoms with Crippen LogP contribution in [-0.2, 0) is 6.54 Å². The van der Waals surface area contributed by atoms with E-state index in [1.165, 1.54) is 0 Å². The van der Waals surface area contributed by atoms with Gasteiger partial charge in [0.25, 0.3) is 0 Å². The van der Waals surface area contributed by atoms with Gasteiger partial charge in [-0.05, 0) is 36.4 Å². The van der Waals surface area contributed by atoms with Crippen molar-refractivity contribution in [1.29, 1.82) is 0 Å². The normalized spacial score (nSPS) is 10.3. The maximum Gasteiger partial charge on any atom is 0.162 e. The zero-order valence-electron chi connectivity index (χ0n) is 16.0. The molecule has 0 amide bonds. The number of fused-ring (bicyclic) bond motifs is 1. The number of hydrogen-bond donors (Lipinski definition) is 4. The Hall–Kier alpha value is -4.01. The lowest BCUT2D eigenvalue weighted by molar-refractivity contribution is 0.475. The molecule has 0 saturated heterocycles. The number of phenolic OH excluding ortho intramolecular Hbond substituents is 1. The number of nitrogens with zero attached hydrogens (tertiary/aromatic N) is 4. The number of nitrogen functional groups attached to an aromatic ring is 1. The first kappa shape index (κ1) is 19.7. The third kappa shape index (κ3) is 3.98. The Morgan fingerprint density at radius 2 is 1.93 bits per heavy atom. The molecule has 9 nitrogen and oxygen atoms in total. The largest absolute Gasteiger partial charge is 0.508 e. The SMILES string of the molecule is CC.Nc1cccnc1-c1c(CN=O)nnc2[nH]cc(Nc3ccc(O)cc3)c12. The van der Waals surface area contributed by atoms with E-state index < -0.39 is 0 Å². The fourth-order valence-corrected chi connectivity index (χ4v) is 2.90. The number of rotatable bonds is 5. The highest BCUT2D eigenvalue weighted by molar-refractivity contribution is 6.04. The molecule has 4 rings (SSSR count). The highest BCUT2D eigenvalue weighted by Crippen LogP contribution is 2.37. The van der Waals surface area contributed by atoms with E-state index in [0.717, 1.165) is 5.69 Å². The molecule has 4 aromatic rings. The van der Waals surface area contributed by atoms with Gasteiger partial charge in [-0.15, -0.1) is 5.10 Å². The molecular weight excluding hydrogens is 370 g/mol. The molecule has 0 atom stereocenters. The molecule has 1 aromatic carbocycles. The molecule has 0 fully saturated rings. The van der Waals surface area contributed by atoms with Crippen molar-refractivity contribution >= 4 is 28.1 Å². The number of anilines is 3. The molecule has 0 unspecified atom stereocenters. The van der Waals surface area contributed by atoms with Gasteiger partial charge >= 0.3 is 0 Å². The second kappa shape index (κ2) is 8.79. The molecule has 3 aromatic heterocycles. The number of benzene rings is 1. The number of phenols is 1. The van der Waals surface area contributed by atoms with Gasteiger partial charge in [0.2, 0.25) is 0 Å². The lowest BCUT2D eigenvalue weighted by atomic mass is 10.0. The molecule has 0 bridgehead atoms. The van der Waals surface area contributed by atoms with Gasteiger partial charge < -0.3 is 21.1 Å². The molecule has 0 aliphatic rings. The van der Waals surface area contributed by atoms with E-state index in [9.17, 15) is 10.0 Å². The van der Waals surface area contributed by atoms with Gasteiger partial charge in [0, 0.05) is 23.6 Å². The van der Waals surface area contributed by atoms with Crippen molar-refractivity contribution < 1.29 is 5.11 Å². The van der Waals surface area contributed by atoms with Crippen molar-refractivity contribution in [2.45, 2.75) is 20.4 Å². The van der Waals surface area contributed by atoms with Gasteiger partial charge in [0.05, 0.1) is 28.1 Å². The number of nitrogens with two attached hydrogens (primary N) is 1. The van der Waals surface area contributed by atoms with E-state index in [-0.39, 0.29) is 12.3 Å². The molecule has 29 heavy (non-hydrogen) atoms. The zero-order valence-corrected chi connectivity index (χ0v) is 16.0. The number of nitroso groups, excluding NO2 is 1. The summed E-state index contributed by atoms with van der Waals surface area (Å²) < 4.78 is 0. The van der Waals surface area contributed by atoms with E-state index in [1.54, 1.807) is 48.8 Å². The van der Waals surface area contributed by atoms with Gasteiger partial charge in [-0.25, -0.2) is 0 Å². The summed E-state index contributed by atoms with van der Waals surface area (Å²) in [5.41, 5.74) is 10.1. The number of aromatic hydroxyl groups is 1. The Morgan fingerprint density at radius 3 is 2.62 bits per heavy atom. The topological polar surface area (TPSA) is 142 Å². The van der Waals surface area contributed by atoms with Gasteiger partial charge in [-0.3, -0.25) is 4.98 Å². The van der Waals surface area contributed by atoms with E-state index in [2.05, 4.69) is 30.7 Å². The van der Waals surface area contributed by atoms with Gasteiger partial charge in [0.15, 0.2) is 5.65 Å². The first-order valence-electron chi connectivity index (χ1n) is 9.10. The molecule has 148 valence electrons. The summed E-state index contributed by atoms with van der Waals surface area (Å²) in [5.74, 6) is 0.173. The van der Waals surface area contributed by atoms with Crippen LogP contribution >= 0.6 is 0 Å². The minimum Gasteiger partial charge on any atom is -0.508 e. The van der Waals surface area contributed by atoms with Gasteiger partial charge in [-0.2, -0.15) is 10.0 Å². The van der Waals surface area contributed by atoms with Crippen LogP contribution in [0.25, 0.3) is 22.3 Å². The van der Waals surface area contributed by atoms with Crippen LogP contribution in [-0.4, -0.2) is 25.3 Å². The number of nitrogens with one attached hydrogen (secondary N) is 2. The molecule has 0 spiro atoms. The Labute approximate surface area is 167 Å². The van der Waals surface area contributed by atoms with Crippen LogP contribution in [0.5, 0.6) is 5.75 Å². The zero-order chi connectivity index (χ0) is 20.8. The Kier molecular flexibility index (Phi) is 5.98. The third-order valence-electron chi connectivity index (χ3n) is 4.11. The van der Waals surface area contributed by atoms with Crippen LogP contribution in [0.3, 0.4) is 0 Å². The molecule has 0 radical (unpaired) electrons. The quantitative estimate of drug-likeness (QED) is 0.293. The predicted molar refractivity (Wildman–Crippen MR) is 114 cm³/mol. The molecule has 0 aliphatic carbocycles. The van der Waals surface area contributed by atoms with Crippen molar-refractivity contribution in [1.82, 2.24) is 20.2 Å². The third-order valence-corrected chi connectivity index (χ3v) is 4.11. The maximum absolute atomic E-state index is 10.9. The summed E-state index contributed by atoms with van der Waals surface area (Å²) in [6, 6.07) is 10.1. The van der Waals surface area contributed by atoms with E-state index in [1.807, 2.05) is 13.8 Å². The average molecular weight is 391 g/mol. The maximum atomic E-state index is 10.9. The Morgan fingerprint density at radius 1 is 1.17 bits per heavy atom. The lowest BCUT2D eigenvalue weighted by Crippen LogP contribution is -2.02. The van der Waals surface area contributed by atoms with Crippen molar-refractivity contribution in [3.63, 3.8) is 0 Å². The summed E-state index contributed by atoms with van der Waals surface area (Å²) in [6.07, 6.45) is 3.36. The fourth-order valence-electron chi connectivity index (χ4n) is 2.90. The second-order valence-corrected chi connectivity index (χ2v) is 5.85. The van der Waals surface area contributed by atoms with Crippen LogP contribution in [0.15, 0.2) is 54.0 Å². The van der Waals surface area contributed by atoms with Gasteiger partial charge in [-0.1, -0.05) is 19.0 Å². The van der Waals surface area contributed by atoms with Crippen molar-refractivity contribution in [2.24, 2.45) is 5.18 Å². The number of aromatic amines is 1. The monoisotopic (exact) mass is 391 g/mol. The van der Waals surface area contributed by atoms with Crippen molar-refractivity contribution in [3.05, 3.63) is 59.4 Å². The summed E-state index contributed by atoms with van der Waals surface area (Å²) in [6.45, 7) is 3.85. The van der Waals surface area contributed by atoms with E-state index >= 15 is 0 Å². The smallest absolute Gasteiger partial charge is 0.162 e. The summed E-state index contributed by atoms with van der Waals surface area (Å²) >= 11 is 0. The summed E-state index contributed by atoms with van der Waals surface area (Å²) in [5, 5.41) is 24.6. The molecular formula is C20H21N7O2.